The summed E-state index contributed by atoms with van der Waals surface area (Å²) in [4.78, 5) is 24.1. The molecule has 24 heavy (non-hydrogen) atoms. The fourth-order valence-corrected chi connectivity index (χ4v) is 2.45. The van der Waals surface area contributed by atoms with Gasteiger partial charge in [0.15, 0.2) is 0 Å². The van der Waals surface area contributed by atoms with Crippen LogP contribution in [0.2, 0.25) is 5.02 Å². The van der Waals surface area contributed by atoms with Gasteiger partial charge in [0.25, 0.3) is 5.91 Å². The number of nitrogens with zero attached hydrogens (tertiary/aromatic N) is 2. The average molecular weight is 346 g/mol. The van der Waals surface area contributed by atoms with E-state index in [-0.39, 0.29) is 5.91 Å². The SMILES string of the molecule is CC[C@]1(C)NC(=O)N(/N=C\c2ccc(-c3ccc(Cl)cc3)o2)C1=O. The number of halogens is 1. The minimum absolute atomic E-state index is 0.379. The molecule has 124 valence electrons. The number of carbonyl (C=O) groups is 2. The number of imide groups is 1. The minimum Gasteiger partial charge on any atom is -0.455 e. The van der Waals surface area contributed by atoms with Crippen LogP contribution in [0, 0.1) is 0 Å². The highest BCUT2D eigenvalue weighted by Crippen LogP contribution is 2.24. The fraction of sp³-hybridized carbons (Fsp3) is 0.235. The van der Waals surface area contributed by atoms with Gasteiger partial charge in [-0.25, -0.2) is 4.79 Å². The molecular weight excluding hydrogens is 330 g/mol. The zero-order chi connectivity index (χ0) is 17.3. The molecule has 2 heterocycles. The first-order valence-electron chi connectivity index (χ1n) is 7.49. The number of hydrogen-bond donors (Lipinski definition) is 1. The first-order chi connectivity index (χ1) is 11.4. The van der Waals surface area contributed by atoms with E-state index in [4.69, 9.17) is 16.0 Å². The second-order valence-corrected chi connectivity index (χ2v) is 6.12. The molecule has 2 aromatic rings. The normalized spacial score (nSPS) is 20.9. The molecule has 3 amide bonds. The molecule has 0 radical (unpaired) electrons. The molecule has 1 aromatic heterocycles. The molecule has 0 spiro atoms. The van der Waals surface area contributed by atoms with Crippen molar-refractivity contribution in [2.45, 2.75) is 25.8 Å². The van der Waals surface area contributed by atoms with Crippen molar-refractivity contribution in [2.75, 3.05) is 0 Å². The van der Waals surface area contributed by atoms with Crippen LogP contribution < -0.4 is 5.32 Å². The Morgan fingerprint density at radius 3 is 2.58 bits per heavy atom. The van der Waals surface area contributed by atoms with Crippen molar-refractivity contribution < 1.29 is 14.0 Å². The minimum atomic E-state index is -0.911. The van der Waals surface area contributed by atoms with Crippen molar-refractivity contribution in [2.24, 2.45) is 5.10 Å². The standard InChI is InChI=1S/C17H16ClN3O3/c1-3-17(2)15(22)21(16(23)20-17)19-10-13-8-9-14(24-13)11-4-6-12(18)7-5-11/h4-10H,3H2,1-2H3,(H,20,23)/b19-10-/t17-/m0/s1. The number of urea groups is 1. The molecule has 1 saturated heterocycles. The Kier molecular flexibility index (Phi) is 4.15. The molecule has 1 aliphatic rings. The van der Waals surface area contributed by atoms with Crippen molar-refractivity contribution in [3.63, 3.8) is 0 Å². The van der Waals surface area contributed by atoms with E-state index in [2.05, 4.69) is 10.4 Å². The van der Waals surface area contributed by atoms with Gasteiger partial charge in [-0.05, 0) is 49.7 Å². The molecule has 3 rings (SSSR count). The maximum Gasteiger partial charge on any atom is 0.346 e. The lowest BCUT2D eigenvalue weighted by molar-refractivity contribution is -0.130. The van der Waals surface area contributed by atoms with E-state index >= 15 is 0 Å². The van der Waals surface area contributed by atoms with Crippen LogP contribution >= 0.6 is 11.6 Å². The zero-order valence-electron chi connectivity index (χ0n) is 13.2. The Hall–Kier alpha value is -2.60. The predicted octanol–water partition coefficient (Wildman–Crippen LogP) is 3.65. The van der Waals surface area contributed by atoms with E-state index in [9.17, 15) is 9.59 Å². The van der Waals surface area contributed by atoms with Gasteiger partial charge in [-0.1, -0.05) is 18.5 Å². The number of hydrogen-bond acceptors (Lipinski definition) is 4. The lowest BCUT2D eigenvalue weighted by Gasteiger charge is -2.17. The summed E-state index contributed by atoms with van der Waals surface area (Å²) < 4.78 is 5.66. The Labute approximate surface area is 144 Å². The van der Waals surface area contributed by atoms with Gasteiger partial charge in [0.1, 0.15) is 17.1 Å². The summed E-state index contributed by atoms with van der Waals surface area (Å²) in [6.45, 7) is 3.50. The second-order valence-electron chi connectivity index (χ2n) is 5.69. The van der Waals surface area contributed by atoms with Crippen molar-refractivity contribution in [3.8, 4) is 11.3 Å². The van der Waals surface area contributed by atoms with Gasteiger partial charge >= 0.3 is 6.03 Å². The van der Waals surface area contributed by atoms with E-state index < -0.39 is 11.6 Å². The van der Waals surface area contributed by atoms with Gasteiger partial charge < -0.3 is 9.73 Å². The topological polar surface area (TPSA) is 74.9 Å². The van der Waals surface area contributed by atoms with Gasteiger partial charge in [-0.2, -0.15) is 5.10 Å². The number of rotatable bonds is 4. The van der Waals surface area contributed by atoms with Crippen LogP contribution in [0.1, 0.15) is 26.0 Å². The number of hydrazone groups is 1. The third-order valence-electron chi connectivity index (χ3n) is 4.00. The van der Waals surface area contributed by atoms with Crippen LogP contribution in [-0.4, -0.2) is 28.7 Å². The van der Waals surface area contributed by atoms with Crippen LogP contribution in [0.3, 0.4) is 0 Å². The molecule has 1 aliphatic heterocycles. The summed E-state index contributed by atoms with van der Waals surface area (Å²) in [6, 6.07) is 10.2. The molecule has 0 bridgehead atoms. The molecule has 0 unspecified atom stereocenters. The quantitative estimate of drug-likeness (QED) is 0.678. The number of furan rings is 1. The van der Waals surface area contributed by atoms with Crippen LogP contribution in [0.25, 0.3) is 11.3 Å². The van der Waals surface area contributed by atoms with Gasteiger partial charge in [0.05, 0.1) is 6.21 Å². The van der Waals surface area contributed by atoms with Crippen molar-refractivity contribution in [1.29, 1.82) is 0 Å². The van der Waals surface area contributed by atoms with Crippen LogP contribution in [0.4, 0.5) is 4.79 Å². The third-order valence-corrected chi connectivity index (χ3v) is 4.25. The van der Waals surface area contributed by atoms with Gasteiger partial charge in [-0.15, -0.1) is 5.01 Å². The highest BCUT2D eigenvalue weighted by Gasteiger charge is 2.46. The van der Waals surface area contributed by atoms with Gasteiger partial charge in [0, 0.05) is 10.6 Å². The molecule has 1 aromatic carbocycles. The van der Waals surface area contributed by atoms with Gasteiger partial charge in [0.2, 0.25) is 0 Å². The molecule has 7 heteroatoms. The molecule has 6 nitrogen and oxygen atoms in total. The Balaban J connectivity index is 1.77. The first-order valence-corrected chi connectivity index (χ1v) is 7.87. The van der Waals surface area contributed by atoms with Crippen molar-refractivity contribution in [3.05, 3.63) is 47.2 Å². The van der Waals surface area contributed by atoms with E-state index in [0.29, 0.717) is 23.0 Å². The Morgan fingerprint density at radius 1 is 1.25 bits per heavy atom. The summed E-state index contributed by atoms with van der Waals surface area (Å²) in [5.74, 6) is 0.699. The largest absolute Gasteiger partial charge is 0.455 e. The Bertz CT molecular complexity index is 813. The Morgan fingerprint density at radius 2 is 1.96 bits per heavy atom. The summed E-state index contributed by atoms with van der Waals surface area (Å²) in [6.07, 6.45) is 1.84. The number of carbonyl (C=O) groups excluding carboxylic acids is 2. The van der Waals surface area contributed by atoms with Crippen LogP contribution in [0.5, 0.6) is 0 Å². The van der Waals surface area contributed by atoms with Crippen LogP contribution in [0.15, 0.2) is 45.9 Å². The molecule has 1 N–H and O–H groups in total. The fourth-order valence-electron chi connectivity index (χ4n) is 2.32. The molecular formula is C17H16ClN3O3. The number of amides is 3. The highest BCUT2D eigenvalue weighted by molar-refractivity contribution is 6.30. The lowest BCUT2D eigenvalue weighted by Crippen LogP contribution is -2.42. The maximum atomic E-state index is 12.2. The highest BCUT2D eigenvalue weighted by atomic mass is 35.5. The molecule has 0 aliphatic carbocycles. The molecule has 0 saturated carbocycles. The van der Waals surface area contributed by atoms with Crippen LogP contribution in [-0.2, 0) is 4.79 Å². The summed E-state index contributed by atoms with van der Waals surface area (Å²) in [7, 11) is 0. The first kappa shape index (κ1) is 16.3. The molecule has 1 atom stereocenters. The van der Waals surface area contributed by atoms with Crippen molar-refractivity contribution >= 4 is 29.8 Å². The third kappa shape index (κ3) is 2.92. The maximum absolute atomic E-state index is 12.2. The predicted molar refractivity (Wildman–Crippen MR) is 90.8 cm³/mol. The number of nitrogens with one attached hydrogen (secondary N) is 1. The summed E-state index contributed by atoms with van der Waals surface area (Å²) >= 11 is 5.86. The van der Waals surface area contributed by atoms with Crippen molar-refractivity contribution in [1.82, 2.24) is 10.3 Å². The smallest absolute Gasteiger partial charge is 0.346 e. The van der Waals surface area contributed by atoms with E-state index in [1.54, 1.807) is 31.2 Å². The summed E-state index contributed by atoms with van der Waals surface area (Å²) in [5.41, 5.74) is -0.0425. The zero-order valence-corrected chi connectivity index (χ0v) is 14.0. The molecule has 1 fully saturated rings. The lowest BCUT2D eigenvalue weighted by atomic mass is 10.00. The average Bonchev–Trinajstić information content (AvgIpc) is 3.11. The second kappa shape index (κ2) is 6.13. The monoisotopic (exact) mass is 345 g/mol. The van der Waals surface area contributed by atoms with Gasteiger partial charge in [-0.3, -0.25) is 4.79 Å². The van der Waals surface area contributed by atoms with E-state index in [1.165, 1.54) is 6.21 Å². The summed E-state index contributed by atoms with van der Waals surface area (Å²) in [5, 5.41) is 8.06. The van der Waals surface area contributed by atoms with E-state index in [1.807, 2.05) is 19.1 Å². The number of benzene rings is 1. The van der Waals surface area contributed by atoms with E-state index in [0.717, 1.165) is 10.6 Å².